The smallest absolute Gasteiger partial charge is 0.433 e. The van der Waals surface area contributed by atoms with E-state index in [4.69, 9.17) is 16.3 Å². The summed E-state index contributed by atoms with van der Waals surface area (Å²) in [6.45, 7) is 9.42. The quantitative estimate of drug-likeness (QED) is 0.103. The molecule has 13 nitrogen and oxygen atoms in total. The van der Waals surface area contributed by atoms with Crippen molar-refractivity contribution in [1.29, 1.82) is 0 Å². The topological polar surface area (TPSA) is 153 Å². The normalized spacial score (nSPS) is 26.9. The molecule has 4 fully saturated rings. The first-order valence-electron chi connectivity index (χ1n) is 24.9. The second-order valence-corrected chi connectivity index (χ2v) is 22.5. The number of rotatable bonds is 5. The van der Waals surface area contributed by atoms with Crippen LogP contribution in [0.15, 0.2) is 66.9 Å². The summed E-state index contributed by atoms with van der Waals surface area (Å²) >= 11 is 6.44. The summed E-state index contributed by atoms with van der Waals surface area (Å²) in [4.78, 5) is 76.2. The van der Waals surface area contributed by atoms with E-state index in [2.05, 4.69) is 32.8 Å². The van der Waals surface area contributed by atoms with Crippen molar-refractivity contribution in [2.75, 3.05) is 36.4 Å². The molecule has 7 heterocycles. The highest BCUT2D eigenvalue weighted by Gasteiger charge is 2.63. The Balaban J connectivity index is 0.817. The molecule has 7 aliphatic rings. The van der Waals surface area contributed by atoms with Crippen molar-refractivity contribution in [2.24, 2.45) is 16.7 Å². The second-order valence-electron chi connectivity index (χ2n) is 22.1. The van der Waals surface area contributed by atoms with Gasteiger partial charge in [-0.25, -0.2) is 4.39 Å². The summed E-state index contributed by atoms with van der Waals surface area (Å²) in [6.07, 6.45) is -0.665. The van der Waals surface area contributed by atoms with Crippen LogP contribution in [0.3, 0.4) is 0 Å². The number of hydrogen-bond acceptors (Lipinski definition) is 9. The molecule has 0 bridgehead atoms. The number of ether oxygens (including phenoxy) is 1. The molecule has 6 aliphatic heterocycles. The van der Waals surface area contributed by atoms with Crippen LogP contribution in [0.25, 0.3) is 0 Å². The lowest BCUT2D eigenvalue weighted by Crippen LogP contribution is -2.52. The standard InChI is InChI=1S/C55H54ClF4N7O6/c1-29-26-66(51(72)47-45(34-9-6-10-37(56)46(34)57)54(43(63-47)24-52(2,3)4)28-62-38-22-42(55(58,59)60)61-25-36(38)54)39-14-12-31(21-41(39)73-29)49(70)65-19-17-53(18-20-65)23-32(53)13-11-30-7-5-8-33-35(30)27-67(50(33)71)40-15-16-44(68)64-48(40)69/h5-10,12,14,21-22,25,29,32,40,43,45,47,62-63H,15-20,23-24,26-28H2,1-4H3,(H,64,68,69)/t29-,32-,40-,43-,45-,47+,54-/m0/s1. The molecule has 3 saturated heterocycles. The molecule has 18 heteroatoms. The van der Waals surface area contributed by atoms with Crippen molar-refractivity contribution < 1.29 is 46.3 Å². The van der Waals surface area contributed by atoms with Crippen molar-refractivity contribution in [3.8, 4) is 17.6 Å². The molecule has 73 heavy (non-hydrogen) atoms. The van der Waals surface area contributed by atoms with Gasteiger partial charge in [0.25, 0.3) is 11.8 Å². The molecule has 3 N–H and O–H groups in total. The molecule has 11 rings (SSSR count). The Hall–Kier alpha value is -6.51. The van der Waals surface area contributed by atoms with Crippen LogP contribution in [-0.2, 0) is 32.5 Å². The number of hydrogen-bond donors (Lipinski definition) is 3. The number of likely N-dealkylation sites (tertiary alicyclic amines) is 1. The van der Waals surface area contributed by atoms with Gasteiger partial charge in [0.15, 0.2) is 0 Å². The Bertz CT molecular complexity index is 3090. The van der Waals surface area contributed by atoms with Crippen LogP contribution in [0.5, 0.6) is 5.75 Å². The number of carbonyl (C=O) groups is 5. The summed E-state index contributed by atoms with van der Waals surface area (Å²) in [5.74, 6) is 3.95. The SMILES string of the molecule is C[C@H]1CN(C(=O)[C@@H]2N[C@@H](CC(C)(C)C)[C@@]3(CNc4cc(C(F)(F)F)ncc43)[C@H]2c2cccc(Cl)c2F)c2ccc(C(=O)N3CCC4(CC3)C[C@@H]4C#Cc3cccc4c3CN([C@H]3CCC(=O)NC3=O)C4=O)cc2O1. The maximum atomic E-state index is 16.5. The highest BCUT2D eigenvalue weighted by atomic mass is 35.5. The highest BCUT2D eigenvalue weighted by molar-refractivity contribution is 6.30. The number of anilines is 2. The van der Waals surface area contributed by atoms with Gasteiger partial charge in [-0.1, -0.05) is 62.4 Å². The summed E-state index contributed by atoms with van der Waals surface area (Å²) < 4.78 is 64.8. The van der Waals surface area contributed by atoms with Gasteiger partial charge in [0.1, 0.15) is 29.4 Å². The van der Waals surface area contributed by atoms with Crippen LogP contribution in [0, 0.1) is 34.4 Å². The van der Waals surface area contributed by atoms with E-state index in [-0.39, 0.29) is 83.2 Å². The van der Waals surface area contributed by atoms with Crippen LogP contribution >= 0.6 is 11.6 Å². The van der Waals surface area contributed by atoms with Gasteiger partial charge in [-0.2, -0.15) is 13.2 Å². The van der Waals surface area contributed by atoms with Gasteiger partial charge in [-0.05, 0) is 103 Å². The molecule has 3 aromatic carbocycles. The number of amides is 5. The van der Waals surface area contributed by atoms with Crippen molar-refractivity contribution in [1.82, 2.24) is 25.4 Å². The highest BCUT2D eigenvalue weighted by Crippen LogP contribution is 2.60. The van der Waals surface area contributed by atoms with E-state index >= 15 is 9.18 Å². The Morgan fingerprint density at radius 1 is 1.01 bits per heavy atom. The van der Waals surface area contributed by atoms with E-state index in [1.165, 1.54) is 17.2 Å². The molecule has 1 aliphatic carbocycles. The van der Waals surface area contributed by atoms with Crippen molar-refractivity contribution in [2.45, 2.75) is 115 Å². The minimum atomic E-state index is -4.70. The van der Waals surface area contributed by atoms with Crippen LogP contribution in [-0.4, -0.2) is 94.7 Å². The Labute approximate surface area is 424 Å². The third-order valence-corrected chi connectivity index (χ3v) is 16.6. The minimum Gasteiger partial charge on any atom is -0.487 e. The first-order valence-corrected chi connectivity index (χ1v) is 25.2. The number of carbonyl (C=O) groups excluding carboxylic acids is 5. The zero-order chi connectivity index (χ0) is 51.5. The number of imide groups is 1. The molecule has 2 spiro atoms. The van der Waals surface area contributed by atoms with Gasteiger partial charge < -0.3 is 30.1 Å². The van der Waals surface area contributed by atoms with Gasteiger partial charge in [-0.15, -0.1) is 0 Å². The van der Waals surface area contributed by atoms with Gasteiger partial charge >= 0.3 is 6.18 Å². The maximum absolute atomic E-state index is 16.5. The largest absolute Gasteiger partial charge is 0.487 e. The van der Waals surface area contributed by atoms with Crippen LogP contribution in [0.2, 0.25) is 5.02 Å². The van der Waals surface area contributed by atoms with E-state index in [1.54, 1.807) is 47.4 Å². The fourth-order valence-electron chi connectivity index (χ4n) is 12.6. The fraction of sp³-hybridized carbons (Fsp3) is 0.455. The summed E-state index contributed by atoms with van der Waals surface area (Å²) in [5.41, 5.74) is 1.08. The molecular weight excluding hydrogens is 966 g/mol. The number of pyridine rings is 1. The lowest BCUT2D eigenvalue weighted by Gasteiger charge is -2.40. The number of aromatic nitrogens is 1. The molecular formula is C55H54ClF4N7O6. The number of halogens is 5. The first-order chi connectivity index (χ1) is 34.7. The van der Waals surface area contributed by atoms with E-state index in [9.17, 15) is 32.3 Å². The molecule has 0 radical (unpaired) electrons. The summed E-state index contributed by atoms with van der Waals surface area (Å²) in [6, 6.07) is 13.7. The maximum Gasteiger partial charge on any atom is 0.433 e. The number of fused-ring (bicyclic) bond motifs is 4. The number of piperidine rings is 2. The molecule has 1 saturated carbocycles. The van der Waals surface area contributed by atoms with Crippen molar-refractivity contribution in [3.63, 3.8) is 0 Å². The first kappa shape index (κ1) is 48.7. The van der Waals surface area contributed by atoms with Crippen LogP contribution < -0.4 is 25.6 Å². The summed E-state index contributed by atoms with van der Waals surface area (Å²) in [5, 5.41) is 8.98. The second kappa shape index (κ2) is 17.6. The number of nitrogens with one attached hydrogen (secondary N) is 3. The predicted octanol–water partition coefficient (Wildman–Crippen LogP) is 7.99. The lowest BCUT2D eigenvalue weighted by molar-refractivity contribution is -0.141. The average molecular weight is 1020 g/mol. The Morgan fingerprint density at radius 2 is 1.78 bits per heavy atom. The fourth-order valence-corrected chi connectivity index (χ4v) is 12.8. The van der Waals surface area contributed by atoms with E-state index in [0.717, 1.165) is 36.5 Å². The van der Waals surface area contributed by atoms with Gasteiger partial charge in [-0.3, -0.25) is 34.3 Å². The summed E-state index contributed by atoms with van der Waals surface area (Å²) in [7, 11) is 0. The Kier molecular flexibility index (Phi) is 11.7. The number of benzene rings is 3. The molecule has 380 valence electrons. The molecule has 5 amide bonds. The lowest BCUT2D eigenvalue weighted by atomic mass is 9.63. The average Bonchev–Trinajstić information content (AvgIpc) is 3.55. The minimum absolute atomic E-state index is 0.0324. The van der Waals surface area contributed by atoms with E-state index in [1.807, 2.05) is 38.7 Å². The zero-order valence-electron chi connectivity index (χ0n) is 40.7. The number of nitrogens with zero attached hydrogens (tertiary/aromatic N) is 4. The molecule has 4 aromatic rings. The molecule has 0 unspecified atom stereocenters. The van der Waals surface area contributed by atoms with E-state index < -0.39 is 65.1 Å². The van der Waals surface area contributed by atoms with Gasteiger partial charge in [0, 0.05) is 90.0 Å². The van der Waals surface area contributed by atoms with Crippen LogP contribution in [0.1, 0.15) is 121 Å². The monoisotopic (exact) mass is 1020 g/mol. The molecule has 7 atom stereocenters. The Morgan fingerprint density at radius 3 is 2.52 bits per heavy atom. The van der Waals surface area contributed by atoms with Crippen molar-refractivity contribution >= 4 is 52.5 Å². The predicted molar refractivity (Wildman–Crippen MR) is 262 cm³/mol. The van der Waals surface area contributed by atoms with E-state index in [0.29, 0.717) is 47.6 Å². The van der Waals surface area contributed by atoms with Gasteiger partial charge in [0.05, 0.1) is 23.3 Å². The number of alkyl halides is 3. The third kappa shape index (κ3) is 8.38. The van der Waals surface area contributed by atoms with Crippen LogP contribution in [0.4, 0.5) is 28.9 Å². The van der Waals surface area contributed by atoms with Crippen molar-refractivity contribution in [3.05, 3.63) is 117 Å². The molecule has 1 aromatic heterocycles. The van der Waals surface area contributed by atoms with Gasteiger partial charge in [0.2, 0.25) is 17.7 Å². The third-order valence-electron chi connectivity index (χ3n) is 16.3. The zero-order valence-corrected chi connectivity index (χ0v) is 41.5.